The van der Waals surface area contributed by atoms with Gasteiger partial charge in [0.1, 0.15) is 12.4 Å². The summed E-state index contributed by atoms with van der Waals surface area (Å²) in [6, 6.07) is 8.49. The smallest absolute Gasteiger partial charge is 0.276 e. The maximum absolute atomic E-state index is 13.0. The minimum absolute atomic E-state index is 0.0959. The summed E-state index contributed by atoms with van der Waals surface area (Å²) in [5, 5.41) is 0. The number of amides is 1. The zero-order chi connectivity index (χ0) is 23.8. The van der Waals surface area contributed by atoms with Crippen molar-refractivity contribution in [2.24, 2.45) is 5.41 Å². The third-order valence-corrected chi connectivity index (χ3v) is 7.47. The number of nitrogens with two attached hydrogens (primary N) is 1. The number of benzene rings is 1. The number of hydrogen-bond donors (Lipinski definition) is 1. The topological polar surface area (TPSA) is 84.6 Å². The molecule has 184 valence electrons. The third kappa shape index (κ3) is 6.06. The van der Waals surface area contributed by atoms with Gasteiger partial charge < -0.3 is 15.4 Å². The molecule has 1 aromatic carbocycles. The fourth-order valence-corrected chi connectivity index (χ4v) is 5.41. The van der Waals surface area contributed by atoms with Gasteiger partial charge in [0.25, 0.3) is 5.91 Å². The Morgan fingerprint density at radius 3 is 2.68 bits per heavy atom. The molecule has 1 aromatic heterocycles. The van der Waals surface area contributed by atoms with E-state index in [1.807, 2.05) is 4.90 Å². The Morgan fingerprint density at radius 2 is 1.88 bits per heavy atom. The van der Waals surface area contributed by atoms with E-state index in [1.165, 1.54) is 43.6 Å². The predicted octanol–water partition coefficient (Wildman–Crippen LogP) is 4.19. The van der Waals surface area contributed by atoms with Crippen molar-refractivity contribution in [2.45, 2.75) is 58.3 Å². The van der Waals surface area contributed by atoms with Crippen molar-refractivity contribution >= 4 is 11.7 Å². The molecule has 1 saturated heterocycles. The van der Waals surface area contributed by atoms with Gasteiger partial charge in [0.2, 0.25) is 0 Å². The summed E-state index contributed by atoms with van der Waals surface area (Å²) in [5.74, 6) is 1.16. The molecule has 34 heavy (non-hydrogen) atoms. The average Bonchev–Trinajstić information content (AvgIpc) is 2.85. The average molecular weight is 466 g/mol. The van der Waals surface area contributed by atoms with E-state index in [2.05, 4.69) is 46.1 Å². The lowest BCUT2D eigenvalue weighted by Crippen LogP contribution is -2.49. The SMILES string of the molecule is CCCCN1CCOc2ccccc2CCCCC2(CCN(C(=O)c3nccnc3N)CC2)C1. The second kappa shape index (κ2) is 11.6. The van der Waals surface area contributed by atoms with Gasteiger partial charge in [-0.2, -0.15) is 0 Å². The number of unbranched alkanes of at least 4 members (excludes halogenated alkanes) is 1. The first-order valence-electron chi connectivity index (χ1n) is 12.9. The van der Waals surface area contributed by atoms with Crippen LogP contribution in [0.25, 0.3) is 0 Å². The summed E-state index contributed by atoms with van der Waals surface area (Å²) < 4.78 is 6.24. The Bertz CT molecular complexity index is 942. The lowest BCUT2D eigenvalue weighted by atomic mass is 9.73. The highest BCUT2D eigenvalue weighted by Crippen LogP contribution is 2.39. The van der Waals surface area contributed by atoms with Crippen LogP contribution in [0.2, 0.25) is 0 Å². The van der Waals surface area contributed by atoms with Gasteiger partial charge in [0.05, 0.1) is 0 Å². The number of rotatable bonds is 4. The summed E-state index contributed by atoms with van der Waals surface area (Å²) in [6.45, 7) is 7.57. The van der Waals surface area contributed by atoms with E-state index in [-0.39, 0.29) is 22.8 Å². The number of nitrogen functional groups attached to an aromatic ring is 1. The van der Waals surface area contributed by atoms with Crippen molar-refractivity contribution in [2.75, 3.05) is 45.1 Å². The molecule has 7 heteroatoms. The third-order valence-electron chi connectivity index (χ3n) is 7.47. The largest absolute Gasteiger partial charge is 0.492 e. The number of piperidine rings is 1. The van der Waals surface area contributed by atoms with Gasteiger partial charge in [-0.05, 0) is 62.1 Å². The number of aromatic nitrogens is 2. The second-order valence-corrected chi connectivity index (χ2v) is 9.88. The van der Waals surface area contributed by atoms with Crippen LogP contribution >= 0.6 is 0 Å². The fraction of sp³-hybridized carbons (Fsp3) is 0.593. The Kier molecular flexibility index (Phi) is 8.38. The minimum Gasteiger partial charge on any atom is -0.492 e. The van der Waals surface area contributed by atoms with Gasteiger partial charge in [-0.15, -0.1) is 0 Å². The maximum atomic E-state index is 13.0. The summed E-state index contributed by atoms with van der Waals surface area (Å²) in [6.07, 6.45) is 12.1. The van der Waals surface area contributed by atoms with Crippen molar-refractivity contribution < 1.29 is 9.53 Å². The molecular weight excluding hydrogens is 426 g/mol. The van der Waals surface area contributed by atoms with Crippen molar-refractivity contribution in [1.29, 1.82) is 0 Å². The molecule has 4 rings (SSSR count). The first kappa shape index (κ1) is 24.5. The molecule has 2 N–H and O–H groups in total. The van der Waals surface area contributed by atoms with Gasteiger partial charge >= 0.3 is 0 Å². The van der Waals surface area contributed by atoms with E-state index < -0.39 is 0 Å². The van der Waals surface area contributed by atoms with Crippen LogP contribution in [0.15, 0.2) is 36.7 Å². The number of likely N-dealkylation sites (tertiary alicyclic amines) is 1. The van der Waals surface area contributed by atoms with E-state index in [1.54, 1.807) is 0 Å². The highest BCUT2D eigenvalue weighted by molar-refractivity contribution is 5.96. The molecule has 1 spiro atoms. The first-order valence-corrected chi connectivity index (χ1v) is 12.9. The summed E-state index contributed by atoms with van der Waals surface area (Å²) in [7, 11) is 0. The number of anilines is 1. The van der Waals surface area contributed by atoms with Crippen LogP contribution < -0.4 is 10.5 Å². The van der Waals surface area contributed by atoms with Gasteiger partial charge in [-0.25, -0.2) is 9.97 Å². The van der Waals surface area contributed by atoms with E-state index in [4.69, 9.17) is 10.5 Å². The van der Waals surface area contributed by atoms with Crippen LogP contribution in [0, 0.1) is 5.41 Å². The van der Waals surface area contributed by atoms with Crippen LogP contribution in [-0.2, 0) is 6.42 Å². The molecule has 0 bridgehead atoms. The summed E-state index contributed by atoms with van der Waals surface area (Å²) in [5.41, 5.74) is 7.75. The van der Waals surface area contributed by atoms with Crippen LogP contribution in [0.3, 0.4) is 0 Å². The first-order chi connectivity index (χ1) is 16.6. The lowest BCUT2D eigenvalue weighted by Gasteiger charge is -2.45. The molecule has 7 nitrogen and oxygen atoms in total. The molecular formula is C27H39N5O2. The molecule has 2 aromatic rings. The molecule has 0 aliphatic carbocycles. The molecule has 0 atom stereocenters. The summed E-state index contributed by atoms with van der Waals surface area (Å²) >= 11 is 0. The lowest BCUT2D eigenvalue weighted by molar-refractivity contribution is 0.0372. The molecule has 2 aliphatic heterocycles. The Balaban J connectivity index is 1.46. The van der Waals surface area contributed by atoms with E-state index in [0.717, 1.165) is 64.2 Å². The van der Waals surface area contributed by atoms with Crippen molar-refractivity contribution in [1.82, 2.24) is 19.8 Å². The number of para-hydroxylation sites is 1. The van der Waals surface area contributed by atoms with Crippen LogP contribution in [-0.4, -0.2) is 65.0 Å². The monoisotopic (exact) mass is 465 g/mol. The zero-order valence-electron chi connectivity index (χ0n) is 20.5. The Labute approximate surface area is 203 Å². The fourth-order valence-electron chi connectivity index (χ4n) is 5.41. The molecule has 0 radical (unpaired) electrons. The molecule has 3 heterocycles. The van der Waals surface area contributed by atoms with E-state index in [0.29, 0.717) is 6.61 Å². The van der Waals surface area contributed by atoms with Crippen molar-refractivity contribution in [3.8, 4) is 5.75 Å². The Hall–Kier alpha value is -2.67. The highest BCUT2D eigenvalue weighted by atomic mass is 16.5. The van der Waals surface area contributed by atoms with Gasteiger partial charge in [0, 0.05) is 38.6 Å². The van der Waals surface area contributed by atoms with Crippen molar-refractivity contribution in [3.05, 3.63) is 47.9 Å². The van der Waals surface area contributed by atoms with Gasteiger partial charge in [-0.1, -0.05) is 38.0 Å². The zero-order valence-corrected chi connectivity index (χ0v) is 20.5. The normalized spacial score (nSPS) is 19.5. The van der Waals surface area contributed by atoms with E-state index >= 15 is 0 Å². The number of nitrogens with zero attached hydrogens (tertiary/aromatic N) is 4. The highest BCUT2D eigenvalue weighted by Gasteiger charge is 2.37. The number of carbonyl (C=O) groups is 1. The van der Waals surface area contributed by atoms with Crippen LogP contribution in [0.5, 0.6) is 5.75 Å². The van der Waals surface area contributed by atoms with Gasteiger partial charge in [-0.3, -0.25) is 9.69 Å². The van der Waals surface area contributed by atoms with E-state index in [9.17, 15) is 4.79 Å². The number of fused-ring (bicyclic) bond motifs is 1. The molecule has 0 saturated carbocycles. The van der Waals surface area contributed by atoms with Crippen LogP contribution in [0.1, 0.15) is 67.9 Å². The molecule has 0 unspecified atom stereocenters. The number of hydrogen-bond acceptors (Lipinski definition) is 6. The predicted molar refractivity (Wildman–Crippen MR) is 135 cm³/mol. The molecule has 2 aliphatic rings. The molecule has 1 fully saturated rings. The van der Waals surface area contributed by atoms with Crippen molar-refractivity contribution in [3.63, 3.8) is 0 Å². The molecule has 1 amide bonds. The quantitative estimate of drug-likeness (QED) is 0.729. The number of carbonyl (C=O) groups excluding carboxylic acids is 1. The second-order valence-electron chi connectivity index (χ2n) is 9.88. The van der Waals surface area contributed by atoms with Crippen LogP contribution in [0.4, 0.5) is 5.82 Å². The number of aryl methyl sites for hydroxylation is 1. The summed E-state index contributed by atoms with van der Waals surface area (Å²) in [4.78, 5) is 25.8. The minimum atomic E-state index is -0.0959. The maximum Gasteiger partial charge on any atom is 0.276 e. The Morgan fingerprint density at radius 1 is 1.09 bits per heavy atom. The number of ether oxygens (including phenoxy) is 1. The van der Waals surface area contributed by atoms with Gasteiger partial charge in [0.15, 0.2) is 11.5 Å². The standard InChI is InChI=1S/C27H39N5O2/c1-2-3-16-31-19-20-34-23-10-5-4-8-22(23)9-6-7-11-27(21-31)12-17-32(18-13-27)26(33)24-25(28)30-15-14-29-24/h4-5,8,10,14-15H,2-3,6-7,9,11-13,16-21H2,1H3,(H2,28,30).